The highest BCUT2D eigenvalue weighted by molar-refractivity contribution is 5.77. The number of amides is 1. The van der Waals surface area contributed by atoms with Crippen molar-refractivity contribution in [1.29, 1.82) is 0 Å². The molecule has 0 saturated heterocycles. The number of pyridine rings is 1. The Morgan fingerprint density at radius 3 is 2.82 bits per heavy atom. The Morgan fingerprint density at radius 2 is 1.97 bits per heavy atom. The smallest absolute Gasteiger partial charge is 0.231 e. The van der Waals surface area contributed by atoms with Gasteiger partial charge < -0.3 is 23.9 Å². The van der Waals surface area contributed by atoms with Gasteiger partial charge in [0.15, 0.2) is 22.9 Å². The number of carbonyl (C=O) groups excluding carboxylic acids is 1. The molecule has 3 heterocycles. The van der Waals surface area contributed by atoms with Gasteiger partial charge in [0.2, 0.25) is 12.7 Å². The number of rotatable bonds is 9. The van der Waals surface area contributed by atoms with Crippen LogP contribution in [0.15, 0.2) is 73.1 Å². The normalized spacial score (nSPS) is 13.1. The number of hydrogen-bond acceptors (Lipinski definition) is 5. The molecule has 0 saturated carbocycles. The number of ether oxygens (including phenoxy) is 3. The molecular formula is C27H27N3O4. The van der Waals surface area contributed by atoms with Crippen molar-refractivity contribution in [3.05, 3.63) is 89.9 Å². The van der Waals surface area contributed by atoms with Gasteiger partial charge in [-0.25, -0.2) is 4.98 Å². The lowest BCUT2D eigenvalue weighted by Crippen LogP contribution is -2.26. The number of nitrogens with zero attached hydrogens (tertiary/aromatic N) is 2. The number of hydrogen-bond donors (Lipinski definition) is 1. The van der Waals surface area contributed by atoms with E-state index in [0.717, 1.165) is 23.2 Å². The number of imidazole rings is 1. The third-order valence-electron chi connectivity index (χ3n) is 5.88. The van der Waals surface area contributed by atoms with Crippen LogP contribution in [-0.4, -0.2) is 28.6 Å². The predicted octanol–water partition coefficient (Wildman–Crippen LogP) is 4.69. The summed E-state index contributed by atoms with van der Waals surface area (Å²) >= 11 is 0. The lowest BCUT2D eigenvalue weighted by atomic mass is 9.92. The topological polar surface area (TPSA) is 74.1 Å². The maximum atomic E-state index is 12.8. The van der Waals surface area contributed by atoms with E-state index in [-0.39, 0.29) is 18.6 Å². The summed E-state index contributed by atoms with van der Waals surface area (Å²) < 4.78 is 19.2. The number of aromatic nitrogens is 2. The molecule has 0 fully saturated rings. The van der Waals surface area contributed by atoms with Gasteiger partial charge in [0, 0.05) is 31.3 Å². The van der Waals surface area contributed by atoms with Gasteiger partial charge in [-0.1, -0.05) is 43.3 Å². The van der Waals surface area contributed by atoms with E-state index < -0.39 is 0 Å². The summed E-state index contributed by atoms with van der Waals surface area (Å²) in [6.45, 7) is 3.35. The Hall–Kier alpha value is -4.00. The summed E-state index contributed by atoms with van der Waals surface area (Å²) in [5.41, 5.74) is 3.68. The van der Waals surface area contributed by atoms with Crippen LogP contribution in [0.2, 0.25) is 0 Å². The molecular weight excluding hydrogens is 430 g/mol. The fourth-order valence-electron chi connectivity index (χ4n) is 4.15. The first kappa shape index (κ1) is 21.8. The summed E-state index contributed by atoms with van der Waals surface area (Å²) in [6.07, 6.45) is 4.96. The summed E-state index contributed by atoms with van der Waals surface area (Å²) in [4.78, 5) is 17.4. The number of carbonyl (C=O) groups is 1. The van der Waals surface area contributed by atoms with Crippen LogP contribution in [0, 0.1) is 0 Å². The van der Waals surface area contributed by atoms with Crippen molar-refractivity contribution in [3.8, 4) is 17.2 Å². The first-order chi connectivity index (χ1) is 16.7. The maximum absolute atomic E-state index is 12.8. The lowest BCUT2D eigenvalue weighted by molar-refractivity contribution is -0.121. The van der Waals surface area contributed by atoms with Crippen molar-refractivity contribution in [1.82, 2.24) is 14.7 Å². The molecule has 1 unspecified atom stereocenters. The van der Waals surface area contributed by atoms with Crippen LogP contribution >= 0.6 is 0 Å². The van der Waals surface area contributed by atoms with Crippen LogP contribution in [0.1, 0.15) is 42.5 Å². The van der Waals surface area contributed by atoms with Crippen LogP contribution < -0.4 is 19.5 Å². The molecule has 1 aliphatic rings. The van der Waals surface area contributed by atoms with Gasteiger partial charge in [0.25, 0.3) is 0 Å². The van der Waals surface area contributed by atoms with Crippen LogP contribution in [0.3, 0.4) is 0 Å². The van der Waals surface area contributed by atoms with Crippen molar-refractivity contribution in [2.24, 2.45) is 0 Å². The van der Waals surface area contributed by atoms with Crippen LogP contribution in [0.5, 0.6) is 17.2 Å². The Morgan fingerprint density at radius 1 is 1.12 bits per heavy atom. The third-order valence-corrected chi connectivity index (χ3v) is 5.88. The van der Waals surface area contributed by atoms with Gasteiger partial charge in [0.1, 0.15) is 6.61 Å². The Balaban J connectivity index is 1.48. The summed E-state index contributed by atoms with van der Waals surface area (Å²) in [5.74, 6) is 1.88. The Labute approximate surface area is 198 Å². The van der Waals surface area contributed by atoms with E-state index in [1.165, 1.54) is 0 Å². The fraction of sp³-hybridized carbons (Fsp3) is 0.259. The van der Waals surface area contributed by atoms with Crippen molar-refractivity contribution in [2.75, 3.05) is 13.3 Å². The van der Waals surface area contributed by atoms with Crippen molar-refractivity contribution in [2.45, 2.75) is 32.3 Å². The molecule has 7 heteroatoms. The minimum absolute atomic E-state index is 0.00375. The van der Waals surface area contributed by atoms with E-state index >= 15 is 0 Å². The molecule has 2 aromatic carbocycles. The van der Waals surface area contributed by atoms with Crippen molar-refractivity contribution >= 4 is 11.6 Å². The zero-order valence-electron chi connectivity index (χ0n) is 19.1. The van der Waals surface area contributed by atoms with E-state index in [9.17, 15) is 4.79 Å². The second-order valence-electron chi connectivity index (χ2n) is 8.24. The molecule has 5 rings (SSSR count). The fourth-order valence-corrected chi connectivity index (χ4v) is 4.15. The zero-order valence-corrected chi connectivity index (χ0v) is 19.1. The molecule has 0 radical (unpaired) electrons. The highest BCUT2D eigenvalue weighted by atomic mass is 16.7. The Bertz CT molecular complexity index is 1290. The van der Waals surface area contributed by atoms with Gasteiger partial charge in [0.05, 0.1) is 5.69 Å². The average molecular weight is 458 g/mol. The molecule has 0 aliphatic carbocycles. The Kier molecular flexibility index (Phi) is 6.33. The molecule has 1 N–H and O–H groups in total. The van der Waals surface area contributed by atoms with Gasteiger partial charge in [-0.15, -0.1) is 0 Å². The summed E-state index contributed by atoms with van der Waals surface area (Å²) in [5, 5.41) is 3.00. The molecule has 2 aromatic heterocycles. The van der Waals surface area contributed by atoms with E-state index in [4.69, 9.17) is 14.2 Å². The second kappa shape index (κ2) is 9.87. The van der Waals surface area contributed by atoms with Gasteiger partial charge in [-0.3, -0.25) is 4.79 Å². The van der Waals surface area contributed by atoms with E-state index in [1.54, 1.807) is 0 Å². The minimum Gasteiger partial charge on any atom is -0.485 e. The quantitative estimate of drug-likeness (QED) is 0.395. The summed E-state index contributed by atoms with van der Waals surface area (Å²) in [7, 11) is 0. The first-order valence-electron chi connectivity index (χ1n) is 11.5. The van der Waals surface area contributed by atoms with Crippen molar-refractivity contribution in [3.63, 3.8) is 0 Å². The maximum Gasteiger partial charge on any atom is 0.231 e. The highest BCUT2D eigenvalue weighted by Crippen LogP contribution is 2.38. The molecule has 34 heavy (non-hydrogen) atoms. The number of benzene rings is 2. The van der Waals surface area contributed by atoms with Gasteiger partial charge in [-0.05, 0) is 41.8 Å². The predicted molar refractivity (Wildman–Crippen MR) is 128 cm³/mol. The summed E-state index contributed by atoms with van der Waals surface area (Å²) in [6, 6.07) is 19.7. The third kappa shape index (κ3) is 4.55. The monoisotopic (exact) mass is 457 g/mol. The number of nitrogens with one attached hydrogen (secondary N) is 1. The molecule has 174 valence electrons. The molecule has 1 atom stereocenters. The number of fused-ring (bicyclic) bond motifs is 2. The molecule has 7 nitrogen and oxygen atoms in total. The van der Waals surface area contributed by atoms with Crippen LogP contribution in [-0.2, 0) is 11.4 Å². The van der Waals surface area contributed by atoms with Crippen LogP contribution in [0.4, 0.5) is 0 Å². The molecule has 1 aliphatic heterocycles. The highest BCUT2D eigenvalue weighted by Gasteiger charge is 2.25. The van der Waals surface area contributed by atoms with Gasteiger partial charge >= 0.3 is 0 Å². The second-order valence-corrected chi connectivity index (χ2v) is 8.24. The van der Waals surface area contributed by atoms with Crippen LogP contribution in [0.25, 0.3) is 5.65 Å². The first-order valence-corrected chi connectivity index (χ1v) is 11.5. The largest absolute Gasteiger partial charge is 0.485 e. The SMILES string of the molecule is CCCNC(=O)CC(c1ccc2c(c1)OCO2)c1cnc2c(OCc3ccccc3)cccn12. The molecule has 4 aromatic rings. The zero-order chi connectivity index (χ0) is 23.3. The average Bonchev–Trinajstić information content (AvgIpc) is 3.52. The van der Waals surface area contributed by atoms with Gasteiger partial charge in [-0.2, -0.15) is 0 Å². The molecule has 0 spiro atoms. The van der Waals surface area contributed by atoms with E-state index in [2.05, 4.69) is 10.3 Å². The standard InChI is InChI=1S/C27H27N3O4/c1-2-12-28-26(31)15-21(20-10-11-23-25(14-20)34-18-33-23)22-16-29-27-24(9-6-13-30(22)27)32-17-19-7-4-3-5-8-19/h3-11,13-14,16,21H,2,12,15,17-18H2,1H3,(H,28,31). The minimum atomic E-state index is -0.217. The lowest BCUT2D eigenvalue weighted by Gasteiger charge is -2.18. The van der Waals surface area contributed by atoms with Crippen molar-refractivity contribution < 1.29 is 19.0 Å². The van der Waals surface area contributed by atoms with E-state index in [1.807, 2.05) is 84.4 Å². The molecule has 1 amide bonds. The van der Waals surface area contributed by atoms with E-state index in [0.29, 0.717) is 42.5 Å². The molecule has 0 bridgehead atoms.